The smallest absolute Gasteiger partial charge is 0.308 e. The van der Waals surface area contributed by atoms with Crippen LogP contribution in [-0.4, -0.2) is 41.1 Å². The van der Waals surface area contributed by atoms with E-state index in [1.54, 1.807) is 42.4 Å². The molecule has 1 amide bonds. The topological polar surface area (TPSA) is 80.0 Å². The molecule has 1 fully saturated rings. The lowest BCUT2D eigenvalue weighted by Gasteiger charge is -2.32. The number of furan rings is 1. The third kappa shape index (κ3) is 4.37. The molecule has 8 heteroatoms. The van der Waals surface area contributed by atoms with E-state index in [2.05, 4.69) is 0 Å². The second-order valence-corrected chi connectivity index (χ2v) is 8.06. The number of carbonyl (C=O) groups is 2. The summed E-state index contributed by atoms with van der Waals surface area (Å²) < 4.78 is 24.8. The number of hydrogen-bond acceptors (Lipinski definition) is 4. The van der Waals surface area contributed by atoms with E-state index >= 15 is 0 Å². The molecule has 31 heavy (non-hydrogen) atoms. The molecule has 162 valence electrons. The zero-order valence-electron chi connectivity index (χ0n) is 16.8. The van der Waals surface area contributed by atoms with E-state index in [4.69, 9.17) is 20.8 Å². The van der Waals surface area contributed by atoms with Crippen LogP contribution in [0.3, 0.4) is 0 Å². The van der Waals surface area contributed by atoms with Gasteiger partial charge in [-0.25, -0.2) is 4.39 Å². The van der Waals surface area contributed by atoms with E-state index in [1.807, 2.05) is 0 Å². The lowest BCUT2D eigenvalue weighted by molar-refractivity contribution is -0.147. The first-order valence-electron chi connectivity index (χ1n) is 9.98. The molecule has 0 bridgehead atoms. The average Bonchev–Trinajstić information content (AvgIpc) is 3.16. The van der Waals surface area contributed by atoms with Gasteiger partial charge in [0, 0.05) is 35.7 Å². The Balaban J connectivity index is 1.50. The number of likely N-dealkylation sites (tertiary alicyclic amines) is 1. The molecule has 0 aliphatic carbocycles. The van der Waals surface area contributed by atoms with Gasteiger partial charge in [0.2, 0.25) is 0 Å². The van der Waals surface area contributed by atoms with Gasteiger partial charge in [-0.3, -0.25) is 9.59 Å². The second kappa shape index (κ2) is 8.59. The third-order valence-corrected chi connectivity index (χ3v) is 5.82. The van der Waals surface area contributed by atoms with Crippen LogP contribution in [0.25, 0.3) is 22.1 Å². The minimum atomic E-state index is -0.883. The Hall–Kier alpha value is -3.06. The Morgan fingerprint density at radius 3 is 2.81 bits per heavy atom. The van der Waals surface area contributed by atoms with Crippen molar-refractivity contribution in [1.29, 1.82) is 0 Å². The molecule has 4 rings (SSSR count). The Morgan fingerprint density at radius 2 is 2.06 bits per heavy atom. The van der Waals surface area contributed by atoms with Crippen LogP contribution >= 0.6 is 11.6 Å². The van der Waals surface area contributed by atoms with E-state index in [0.29, 0.717) is 36.3 Å². The number of nitrogens with zero attached hydrogens (tertiary/aromatic N) is 1. The molecule has 1 N–H and O–H groups in total. The highest BCUT2D eigenvalue weighted by atomic mass is 35.5. The Bertz CT molecular complexity index is 1140. The number of halogens is 2. The first-order valence-corrected chi connectivity index (χ1v) is 10.4. The van der Waals surface area contributed by atoms with Gasteiger partial charge in [0.15, 0.2) is 6.10 Å². The predicted molar refractivity (Wildman–Crippen MR) is 114 cm³/mol. The number of rotatable bonds is 5. The molecular weight excluding hydrogens is 425 g/mol. The van der Waals surface area contributed by atoms with Crippen molar-refractivity contribution in [2.45, 2.75) is 25.9 Å². The molecule has 2 aromatic carbocycles. The summed E-state index contributed by atoms with van der Waals surface area (Å²) in [5.41, 5.74) is 1.91. The molecule has 1 aliphatic rings. The third-order valence-electron chi connectivity index (χ3n) is 5.51. The summed E-state index contributed by atoms with van der Waals surface area (Å²) in [5.74, 6) is -1.64. The highest BCUT2D eigenvalue weighted by Gasteiger charge is 2.31. The van der Waals surface area contributed by atoms with Crippen molar-refractivity contribution in [2.24, 2.45) is 5.92 Å². The zero-order chi connectivity index (χ0) is 22.1. The van der Waals surface area contributed by atoms with Crippen molar-refractivity contribution in [1.82, 2.24) is 4.90 Å². The van der Waals surface area contributed by atoms with Gasteiger partial charge >= 0.3 is 5.97 Å². The molecule has 6 nitrogen and oxygen atoms in total. The maximum Gasteiger partial charge on any atom is 0.308 e. The molecule has 2 atom stereocenters. The first kappa shape index (κ1) is 21.2. The van der Waals surface area contributed by atoms with Gasteiger partial charge in [0.25, 0.3) is 5.91 Å². The fraction of sp³-hybridized carbons (Fsp3) is 0.304. The number of aliphatic carboxylic acids is 1. The molecule has 2 heterocycles. The molecule has 0 unspecified atom stereocenters. The quantitative estimate of drug-likeness (QED) is 0.599. The lowest BCUT2D eigenvalue weighted by atomic mass is 9.98. The fourth-order valence-electron chi connectivity index (χ4n) is 3.89. The summed E-state index contributed by atoms with van der Waals surface area (Å²) >= 11 is 6.17. The van der Waals surface area contributed by atoms with Crippen LogP contribution in [0.1, 0.15) is 19.8 Å². The lowest BCUT2D eigenvalue weighted by Crippen LogP contribution is -2.47. The van der Waals surface area contributed by atoms with E-state index in [-0.39, 0.29) is 17.5 Å². The van der Waals surface area contributed by atoms with Gasteiger partial charge in [0.05, 0.1) is 17.2 Å². The number of fused-ring (bicyclic) bond motifs is 1. The van der Waals surface area contributed by atoms with Gasteiger partial charge < -0.3 is 19.2 Å². The Kier molecular flexibility index (Phi) is 5.87. The first-order chi connectivity index (χ1) is 14.8. The maximum absolute atomic E-state index is 13.4. The van der Waals surface area contributed by atoms with E-state index in [9.17, 15) is 19.1 Å². The number of carboxylic acid groups (broad SMARTS) is 1. The summed E-state index contributed by atoms with van der Waals surface area (Å²) in [4.78, 5) is 25.5. The molecule has 1 aromatic heterocycles. The van der Waals surface area contributed by atoms with Gasteiger partial charge in [0.1, 0.15) is 17.1 Å². The van der Waals surface area contributed by atoms with Gasteiger partial charge in [-0.2, -0.15) is 0 Å². The molecule has 0 radical (unpaired) electrons. The van der Waals surface area contributed by atoms with Crippen molar-refractivity contribution >= 4 is 34.4 Å². The summed E-state index contributed by atoms with van der Waals surface area (Å²) in [5, 5.41) is 10.3. The monoisotopic (exact) mass is 445 g/mol. The number of benzene rings is 2. The van der Waals surface area contributed by atoms with Crippen LogP contribution in [0.4, 0.5) is 4.39 Å². The zero-order valence-corrected chi connectivity index (χ0v) is 17.6. The van der Waals surface area contributed by atoms with Crippen LogP contribution < -0.4 is 4.74 Å². The van der Waals surface area contributed by atoms with Gasteiger partial charge in [-0.1, -0.05) is 11.6 Å². The van der Waals surface area contributed by atoms with Crippen LogP contribution in [0.15, 0.2) is 47.1 Å². The Labute approximate surface area is 183 Å². The summed E-state index contributed by atoms with van der Waals surface area (Å²) in [6.45, 7) is 2.36. The van der Waals surface area contributed by atoms with E-state index < -0.39 is 23.8 Å². The molecule has 1 aliphatic heterocycles. The summed E-state index contributed by atoms with van der Waals surface area (Å²) in [6.07, 6.45) is 2.00. The van der Waals surface area contributed by atoms with Crippen molar-refractivity contribution in [3.8, 4) is 16.9 Å². The normalized spacial score (nSPS) is 17.5. The SMILES string of the molecule is C[C@@H](Oc1ccc2c(-c3ccc(F)cc3Cl)coc2c1)C(=O)N1CCC[C@H](C(=O)O)C1. The Morgan fingerprint density at radius 1 is 1.26 bits per heavy atom. The number of hydrogen-bond donors (Lipinski definition) is 1. The minimum absolute atomic E-state index is 0.195. The van der Waals surface area contributed by atoms with Crippen molar-refractivity contribution in [3.63, 3.8) is 0 Å². The standard InChI is InChI=1S/C23H21ClFNO5/c1-13(22(27)26-8-2-3-14(11-26)23(28)29)31-16-5-7-18-19(12-30-21(18)10-16)17-6-4-15(25)9-20(17)24/h4-7,9-10,12-14H,2-3,8,11H2,1H3,(H,28,29)/t13-,14+/m1/s1. The number of piperidine rings is 1. The van der Waals surface area contributed by atoms with Crippen LogP contribution in [0, 0.1) is 11.7 Å². The highest BCUT2D eigenvalue weighted by Crippen LogP contribution is 2.36. The maximum atomic E-state index is 13.4. The largest absolute Gasteiger partial charge is 0.481 e. The predicted octanol–water partition coefficient (Wildman–Crippen LogP) is 4.98. The second-order valence-electron chi connectivity index (χ2n) is 7.65. The van der Waals surface area contributed by atoms with Crippen molar-refractivity contribution < 1.29 is 28.2 Å². The molecule has 0 spiro atoms. The number of amides is 1. The van der Waals surface area contributed by atoms with Gasteiger partial charge in [-0.05, 0) is 50.1 Å². The molecule has 1 saturated heterocycles. The van der Waals surface area contributed by atoms with Gasteiger partial charge in [-0.15, -0.1) is 0 Å². The van der Waals surface area contributed by atoms with E-state index in [1.165, 1.54) is 12.1 Å². The molecule has 0 saturated carbocycles. The highest BCUT2D eigenvalue weighted by molar-refractivity contribution is 6.33. The van der Waals surface area contributed by atoms with Crippen molar-refractivity contribution in [2.75, 3.05) is 13.1 Å². The van der Waals surface area contributed by atoms with Crippen LogP contribution in [0.2, 0.25) is 5.02 Å². The number of carbonyl (C=O) groups excluding carboxylic acids is 1. The van der Waals surface area contributed by atoms with E-state index in [0.717, 1.165) is 10.9 Å². The number of carboxylic acids is 1. The van der Waals surface area contributed by atoms with Crippen LogP contribution in [-0.2, 0) is 9.59 Å². The van der Waals surface area contributed by atoms with Crippen molar-refractivity contribution in [3.05, 3.63) is 53.5 Å². The average molecular weight is 446 g/mol. The number of ether oxygens (including phenoxy) is 1. The minimum Gasteiger partial charge on any atom is -0.481 e. The molecule has 3 aromatic rings. The van der Waals surface area contributed by atoms with Crippen LogP contribution in [0.5, 0.6) is 5.75 Å². The summed E-state index contributed by atoms with van der Waals surface area (Å²) in [7, 11) is 0. The molecular formula is C23H21ClFNO5. The fourth-order valence-corrected chi connectivity index (χ4v) is 4.16. The summed E-state index contributed by atoms with van der Waals surface area (Å²) in [6, 6.07) is 9.36.